The molecular weight excluding hydrogens is 244 g/mol. The second-order valence-corrected chi connectivity index (χ2v) is 5.29. The molecule has 1 atom stereocenters. The van der Waals surface area contributed by atoms with Crippen molar-refractivity contribution in [2.24, 2.45) is 0 Å². The molecule has 2 N–H and O–H groups in total. The van der Waals surface area contributed by atoms with Gasteiger partial charge in [0.1, 0.15) is 6.10 Å². The Labute approximate surface area is 111 Å². The van der Waals surface area contributed by atoms with Crippen molar-refractivity contribution in [3.63, 3.8) is 0 Å². The summed E-state index contributed by atoms with van der Waals surface area (Å²) in [5.74, 6) is 0. The molecule has 19 heavy (non-hydrogen) atoms. The third kappa shape index (κ3) is 3.54. The largest absolute Gasteiger partial charge is 0.460 e. The van der Waals surface area contributed by atoms with E-state index in [1.807, 2.05) is 18.2 Å². The number of aromatic amines is 1. The lowest BCUT2D eigenvalue weighted by Crippen LogP contribution is -2.20. The number of hydrogen-bond acceptors (Lipinski definition) is 4. The number of fused-ring (bicyclic) bond motifs is 1. The molecule has 0 fully saturated rings. The average molecular weight is 262 g/mol. The van der Waals surface area contributed by atoms with Crippen molar-refractivity contribution in [2.45, 2.75) is 38.4 Å². The highest BCUT2D eigenvalue weighted by atomic mass is 16.5. The normalized spacial score (nSPS) is 13.4. The van der Waals surface area contributed by atoms with Gasteiger partial charge < -0.3 is 9.84 Å². The average Bonchev–Trinajstić information content (AvgIpc) is 2.80. The van der Waals surface area contributed by atoms with Crippen LogP contribution in [0.3, 0.4) is 0 Å². The fraction of sp³-hybridized carbons (Fsp3) is 0.429. The van der Waals surface area contributed by atoms with Crippen LogP contribution >= 0.6 is 0 Å². The van der Waals surface area contributed by atoms with Crippen molar-refractivity contribution >= 4 is 17.4 Å². The Morgan fingerprint density at radius 3 is 3.00 bits per heavy atom. The Balaban J connectivity index is 2.19. The van der Waals surface area contributed by atoms with Gasteiger partial charge in [0.25, 0.3) is 6.47 Å². The monoisotopic (exact) mass is 262 g/mol. The van der Waals surface area contributed by atoms with Crippen molar-refractivity contribution in [1.82, 2.24) is 10.2 Å². The minimum Gasteiger partial charge on any atom is -0.460 e. The summed E-state index contributed by atoms with van der Waals surface area (Å²) in [4.78, 5) is 10.6. The van der Waals surface area contributed by atoms with Crippen molar-refractivity contribution in [3.05, 3.63) is 30.0 Å². The molecule has 0 bridgehead atoms. The summed E-state index contributed by atoms with van der Waals surface area (Å²) in [6.45, 7) is 3.93. The molecule has 2 aromatic rings. The maximum Gasteiger partial charge on any atom is 0.293 e. The second kappa shape index (κ2) is 5.40. The van der Waals surface area contributed by atoms with Crippen molar-refractivity contribution in [1.29, 1.82) is 0 Å². The van der Waals surface area contributed by atoms with Gasteiger partial charge in [-0.1, -0.05) is 12.1 Å². The van der Waals surface area contributed by atoms with E-state index in [4.69, 9.17) is 4.74 Å². The molecule has 5 heteroatoms. The van der Waals surface area contributed by atoms with Crippen LogP contribution < -0.4 is 0 Å². The van der Waals surface area contributed by atoms with Crippen LogP contribution in [0.25, 0.3) is 10.9 Å². The maximum atomic E-state index is 10.6. The minimum atomic E-state index is -0.775. The highest BCUT2D eigenvalue weighted by Gasteiger charge is 2.19. The topological polar surface area (TPSA) is 75.2 Å². The molecule has 102 valence electrons. The zero-order valence-electron chi connectivity index (χ0n) is 11.1. The molecular formula is C14H18N2O3. The number of hydrogen-bond donors (Lipinski definition) is 2. The lowest BCUT2D eigenvalue weighted by molar-refractivity contribution is -0.134. The number of aliphatic hydroxyl groups is 1. The fourth-order valence-electron chi connectivity index (χ4n) is 2.02. The van der Waals surface area contributed by atoms with Gasteiger partial charge in [0.05, 0.1) is 17.3 Å². The van der Waals surface area contributed by atoms with Gasteiger partial charge in [-0.25, -0.2) is 0 Å². The van der Waals surface area contributed by atoms with Crippen LogP contribution in [0, 0.1) is 0 Å². The Morgan fingerprint density at radius 1 is 1.53 bits per heavy atom. The number of carbonyl (C=O) groups excluding carboxylic acids is 1. The summed E-state index contributed by atoms with van der Waals surface area (Å²) in [5.41, 5.74) is 1.02. The summed E-state index contributed by atoms with van der Waals surface area (Å²) < 4.78 is 5.12. The van der Waals surface area contributed by atoms with Gasteiger partial charge in [0.15, 0.2) is 0 Å². The number of H-pyrrole nitrogens is 1. The summed E-state index contributed by atoms with van der Waals surface area (Å²) in [7, 11) is 0. The highest BCUT2D eigenvalue weighted by molar-refractivity contribution is 5.78. The molecule has 0 saturated heterocycles. The number of aromatic nitrogens is 2. The Hall–Kier alpha value is -1.88. The van der Waals surface area contributed by atoms with Crippen LogP contribution in [0.15, 0.2) is 24.4 Å². The van der Waals surface area contributed by atoms with Crippen molar-refractivity contribution in [3.8, 4) is 0 Å². The molecule has 0 saturated carbocycles. The first kappa shape index (κ1) is 13.5. The van der Waals surface area contributed by atoms with E-state index in [1.165, 1.54) is 0 Å². The van der Waals surface area contributed by atoms with E-state index < -0.39 is 5.60 Å². The predicted octanol–water partition coefficient (Wildman–Crippen LogP) is 2.33. The van der Waals surface area contributed by atoms with Gasteiger partial charge in [-0.05, 0) is 38.3 Å². The number of rotatable bonds is 6. The molecule has 5 nitrogen and oxygen atoms in total. The number of carbonyl (C=O) groups is 1. The Kier molecular flexibility index (Phi) is 3.85. The molecule has 0 aliphatic carbocycles. The summed E-state index contributed by atoms with van der Waals surface area (Å²) in [5, 5.41) is 17.6. The van der Waals surface area contributed by atoms with E-state index in [-0.39, 0.29) is 6.10 Å². The smallest absolute Gasteiger partial charge is 0.293 e. The molecule has 0 amide bonds. The van der Waals surface area contributed by atoms with Crippen LogP contribution in [-0.2, 0) is 9.53 Å². The third-order valence-corrected chi connectivity index (χ3v) is 3.08. The molecule has 0 radical (unpaired) electrons. The number of nitrogens with one attached hydrogen (secondary N) is 1. The zero-order valence-corrected chi connectivity index (χ0v) is 11.1. The van der Waals surface area contributed by atoms with Crippen LogP contribution in [0.2, 0.25) is 0 Å². The SMILES string of the molecule is CC(C)(O)CCC(OC=O)c1ccc2cn[nH]c2c1. The Bertz CT molecular complexity index is 557. The lowest BCUT2D eigenvalue weighted by atomic mass is 9.96. The fourth-order valence-corrected chi connectivity index (χ4v) is 2.02. The summed E-state index contributed by atoms with van der Waals surface area (Å²) in [6.07, 6.45) is 2.51. The number of ether oxygens (including phenoxy) is 1. The van der Waals surface area contributed by atoms with E-state index in [0.29, 0.717) is 19.3 Å². The Morgan fingerprint density at radius 2 is 2.32 bits per heavy atom. The zero-order chi connectivity index (χ0) is 13.9. The first-order chi connectivity index (χ1) is 8.99. The first-order valence-electron chi connectivity index (χ1n) is 6.24. The van der Waals surface area contributed by atoms with E-state index in [1.54, 1.807) is 20.0 Å². The van der Waals surface area contributed by atoms with E-state index in [9.17, 15) is 9.90 Å². The van der Waals surface area contributed by atoms with Gasteiger partial charge >= 0.3 is 0 Å². The summed E-state index contributed by atoms with van der Waals surface area (Å²) >= 11 is 0. The molecule has 0 aliphatic rings. The molecule has 1 heterocycles. The molecule has 1 aromatic heterocycles. The van der Waals surface area contributed by atoms with E-state index in [2.05, 4.69) is 10.2 Å². The van der Waals surface area contributed by atoms with Gasteiger partial charge in [-0.2, -0.15) is 5.10 Å². The predicted molar refractivity (Wildman–Crippen MR) is 71.5 cm³/mol. The molecule has 1 aromatic carbocycles. The number of nitrogens with zero attached hydrogens (tertiary/aromatic N) is 1. The minimum absolute atomic E-state index is 0.350. The van der Waals surface area contributed by atoms with Crippen molar-refractivity contribution < 1.29 is 14.6 Å². The number of benzene rings is 1. The molecule has 0 spiro atoms. The first-order valence-corrected chi connectivity index (χ1v) is 6.24. The van der Waals surface area contributed by atoms with Crippen LogP contribution in [-0.4, -0.2) is 27.4 Å². The van der Waals surface area contributed by atoms with Crippen molar-refractivity contribution in [2.75, 3.05) is 0 Å². The highest BCUT2D eigenvalue weighted by Crippen LogP contribution is 2.27. The molecule has 2 rings (SSSR count). The van der Waals surface area contributed by atoms with Crippen LogP contribution in [0.4, 0.5) is 0 Å². The van der Waals surface area contributed by atoms with Gasteiger partial charge in [0, 0.05) is 5.39 Å². The molecule has 1 unspecified atom stereocenters. The third-order valence-electron chi connectivity index (χ3n) is 3.08. The maximum absolute atomic E-state index is 10.6. The van der Waals surface area contributed by atoms with Gasteiger partial charge in [-0.3, -0.25) is 9.89 Å². The molecule has 0 aliphatic heterocycles. The van der Waals surface area contributed by atoms with Gasteiger partial charge in [-0.15, -0.1) is 0 Å². The van der Waals surface area contributed by atoms with Crippen LogP contribution in [0.5, 0.6) is 0 Å². The quantitative estimate of drug-likeness (QED) is 0.783. The van der Waals surface area contributed by atoms with Crippen LogP contribution in [0.1, 0.15) is 38.4 Å². The van der Waals surface area contributed by atoms with E-state index in [0.717, 1.165) is 16.5 Å². The lowest BCUT2D eigenvalue weighted by Gasteiger charge is -2.21. The summed E-state index contributed by atoms with van der Waals surface area (Å²) in [6, 6.07) is 5.76. The standard InChI is InChI=1S/C14H18N2O3/c1-14(2,18)6-5-13(19-9-17)10-3-4-11-8-15-16-12(11)7-10/h3-4,7-9,13,18H,5-6H2,1-2H3,(H,15,16). The second-order valence-electron chi connectivity index (χ2n) is 5.29. The van der Waals surface area contributed by atoms with E-state index >= 15 is 0 Å². The van der Waals surface area contributed by atoms with Gasteiger partial charge in [0.2, 0.25) is 0 Å².